The molecule has 6 heteroatoms. The van der Waals surface area contributed by atoms with Crippen LogP contribution in [-0.2, 0) is 4.79 Å². The van der Waals surface area contributed by atoms with E-state index in [1.807, 2.05) is 4.90 Å². The molecule has 2 heterocycles. The molecule has 0 unspecified atom stereocenters. The van der Waals surface area contributed by atoms with Gasteiger partial charge < -0.3 is 19.3 Å². The number of amides is 2. The van der Waals surface area contributed by atoms with Crippen molar-refractivity contribution in [1.29, 1.82) is 0 Å². The molecule has 1 aliphatic carbocycles. The van der Waals surface area contributed by atoms with E-state index >= 15 is 0 Å². The van der Waals surface area contributed by atoms with E-state index in [1.54, 1.807) is 32.4 Å². The SMILES string of the molecule is COc1cc(OC)cc(C(=O)N2CCC(C(=O)N3CC[C@H](C)[C@@H]4CCCC[C@@H]43)CC2)c1. The number of carbonyl (C=O) groups excluding carboxylic acids is 2. The first-order valence-corrected chi connectivity index (χ1v) is 11.8. The third kappa shape index (κ3) is 4.53. The first-order chi connectivity index (χ1) is 15.0. The zero-order valence-electron chi connectivity index (χ0n) is 19.1. The molecule has 2 saturated heterocycles. The lowest BCUT2D eigenvalue weighted by atomic mass is 9.72. The standard InChI is InChI=1S/C25H36N2O4/c1-17-8-13-27(23-7-5-4-6-22(17)23)25(29)18-9-11-26(12-10-18)24(28)19-14-20(30-2)16-21(15-19)31-3/h14-18,22-23H,4-13H2,1-3H3/t17-,22-,23-/m0/s1. The van der Waals surface area contributed by atoms with Gasteiger partial charge in [0.1, 0.15) is 11.5 Å². The number of hydrogen-bond donors (Lipinski definition) is 0. The van der Waals surface area contributed by atoms with Crippen molar-refractivity contribution in [2.45, 2.75) is 57.9 Å². The van der Waals surface area contributed by atoms with Crippen molar-refractivity contribution in [1.82, 2.24) is 9.80 Å². The summed E-state index contributed by atoms with van der Waals surface area (Å²) in [5.41, 5.74) is 0.566. The molecule has 1 aromatic carbocycles. The number of rotatable bonds is 4. The van der Waals surface area contributed by atoms with E-state index in [0.29, 0.717) is 48.0 Å². The van der Waals surface area contributed by atoms with Gasteiger partial charge in [-0.2, -0.15) is 0 Å². The van der Waals surface area contributed by atoms with E-state index in [2.05, 4.69) is 11.8 Å². The van der Waals surface area contributed by atoms with Gasteiger partial charge in [-0.05, 0) is 56.1 Å². The van der Waals surface area contributed by atoms with Crippen LogP contribution in [0.4, 0.5) is 0 Å². The molecule has 0 radical (unpaired) electrons. The minimum Gasteiger partial charge on any atom is -0.497 e. The van der Waals surface area contributed by atoms with Crippen LogP contribution in [0.15, 0.2) is 18.2 Å². The Morgan fingerprint density at radius 2 is 1.52 bits per heavy atom. The number of benzene rings is 1. The summed E-state index contributed by atoms with van der Waals surface area (Å²) in [6.07, 6.45) is 7.60. The predicted molar refractivity (Wildman–Crippen MR) is 119 cm³/mol. The smallest absolute Gasteiger partial charge is 0.254 e. The normalized spacial score (nSPS) is 26.9. The van der Waals surface area contributed by atoms with Gasteiger partial charge in [-0.3, -0.25) is 9.59 Å². The Kier molecular flexibility index (Phi) is 6.73. The summed E-state index contributed by atoms with van der Waals surface area (Å²) < 4.78 is 10.6. The van der Waals surface area contributed by atoms with Crippen LogP contribution in [0.25, 0.3) is 0 Å². The Hall–Kier alpha value is -2.24. The summed E-state index contributed by atoms with van der Waals surface area (Å²) in [4.78, 5) is 30.6. The number of methoxy groups -OCH3 is 2. The van der Waals surface area contributed by atoms with Crippen molar-refractivity contribution in [2.75, 3.05) is 33.9 Å². The van der Waals surface area contributed by atoms with Crippen molar-refractivity contribution in [3.05, 3.63) is 23.8 Å². The number of fused-ring (bicyclic) bond motifs is 1. The number of carbonyl (C=O) groups is 2. The maximum absolute atomic E-state index is 13.4. The second-order valence-electron chi connectivity index (χ2n) is 9.48. The highest BCUT2D eigenvalue weighted by molar-refractivity contribution is 5.95. The molecule has 4 rings (SSSR count). The molecule has 31 heavy (non-hydrogen) atoms. The van der Waals surface area contributed by atoms with Crippen molar-refractivity contribution in [3.8, 4) is 11.5 Å². The molecule has 0 spiro atoms. The molecule has 2 amide bonds. The lowest BCUT2D eigenvalue weighted by molar-refractivity contribution is -0.144. The van der Waals surface area contributed by atoms with E-state index in [-0.39, 0.29) is 11.8 Å². The lowest BCUT2D eigenvalue weighted by Gasteiger charge is -2.48. The number of hydrogen-bond acceptors (Lipinski definition) is 4. The van der Waals surface area contributed by atoms with Crippen LogP contribution in [0.2, 0.25) is 0 Å². The molecule has 3 aliphatic rings. The van der Waals surface area contributed by atoms with E-state index < -0.39 is 0 Å². The van der Waals surface area contributed by atoms with Crippen LogP contribution < -0.4 is 9.47 Å². The maximum atomic E-state index is 13.4. The minimum atomic E-state index is -0.0257. The van der Waals surface area contributed by atoms with E-state index in [9.17, 15) is 9.59 Å². The molecule has 170 valence electrons. The van der Waals surface area contributed by atoms with Crippen LogP contribution in [0, 0.1) is 17.8 Å². The van der Waals surface area contributed by atoms with Gasteiger partial charge in [0.2, 0.25) is 5.91 Å². The fourth-order valence-electron chi connectivity index (χ4n) is 5.86. The van der Waals surface area contributed by atoms with Gasteiger partial charge in [-0.25, -0.2) is 0 Å². The molecule has 1 aromatic rings. The van der Waals surface area contributed by atoms with E-state index in [0.717, 1.165) is 38.1 Å². The highest BCUT2D eigenvalue weighted by Gasteiger charge is 2.41. The maximum Gasteiger partial charge on any atom is 0.254 e. The average Bonchev–Trinajstić information content (AvgIpc) is 2.83. The van der Waals surface area contributed by atoms with Crippen LogP contribution in [0.3, 0.4) is 0 Å². The van der Waals surface area contributed by atoms with Crippen LogP contribution in [0.5, 0.6) is 11.5 Å². The Labute approximate surface area is 185 Å². The topological polar surface area (TPSA) is 59.1 Å². The summed E-state index contributed by atoms with van der Waals surface area (Å²) in [5, 5.41) is 0. The molecular formula is C25H36N2O4. The first-order valence-electron chi connectivity index (χ1n) is 11.8. The molecule has 6 nitrogen and oxygen atoms in total. The van der Waals surface area contributed by atoms with Crippen LogP contribution in [0.1, 0.15) is 62.2 Å². The highest BCUT2D eigenvalue weighted by Crippen LogP contribution is 2.40. The van der Waals surface area contributed by atoms with Gasteiger partial charge in [0.05, 0.1) is 14.2 Å². The average molecular weight is 429 g/mol. The minimum absolute atomic E-state index is 0.0257. The first kappa shape index (κ1) is 22.0. The second kappa shape index (κ2) is 9.49. The van der Waals surface area contributed by atoms with Gasteiger partial charge in [-0.15, -0.1) is 0 Å². The quantitative estimate of drug-likeness (QED) is 0.728. The van der Waals surface area contributed by atoms with Crippen LogP contribution >= 0.6 is 0 Å². The molecule has 2 aliphatic heterocycles. The Morgan fingerprint density at radius 3 is 2.16 bits per heavy atom. The molecule has 0 N–H and O–H groups in total. The summed E-state index contributed by atoms with van der Waals surface area (Å²) in [6, 6.07) is 5.70. The molecule has 3 atom stereocenters. The molecule has 3 fully saturated rings. The predicted octanol–water partition coefficient (Wildman–Crippen LogP) is 3.98. The fourth-order valence-corrected chi connectivity index (χ4v) is 5.86. The zero-order chi connectivity index (χ0) is 22.0. The number of nitrogens with zero attached hydrogens (tertiary/aromatic N) is 2. The molecular weight excluding hydrogens is 392 g/mol. The second-order valence-corrected chi connectivity index (χ2v) is 9.48. The summed E-state index contributed by atoms with van der Waals surface area (Å²) in [5.74, 6) is 2.97. The lowest BCUT2D eigenvalue weighted by Crippen LogP contribution is -2.55. The van der Waals surface area contributed by atoms with Gasteiger partial charge in [0, 0.05) is 43.2 Å². The Bertz CT molecular complexity index is 780. The Morgan fingerprint density at radius 1 is 0.871 bits per heavy atom. The zero-order valence-corrected chi connectivity index (χ0v) is 19.1. The number of piperidine rings is 2. The molecule has 0 aromatic heterocycles. The van der Waals surface area contributed by atoms with Crippen molar-refractivity contribution < 1.29 is 19.1 Å². The van der Waals surface area contributed by atoms with Crippen molar-refractivity contribution in [3.63, 3.8) is 0 Å². The number of likely N-dealkylation sites (tertiary alicyclic amines) is 2. The fraction of sp³-hybridized carbons (Fsp3) is 0.680. The molecule has 1 saturated carbocycles. The number of ether oxygens (including phenoxy) is 2. The van der Waals surface area contributed by atoms with Crippen LogP contribution in [-0.4, -0.2) is 61.5 Å². The monoisotopic (exact) mass is 428 g/mol. The van der Waals surface area contributed by atoms with Gasteiger partial charge in [0.15, 0.2) is 0 Å². The molecule has 0 bridgehead atoms. The van der Waals surface area contributed by atoms with Gasteiger partial charge in [0.25, 0.3) is 5.91 Å². The highest BCUT2D eigenvalue weighted by atomic mass is 16.5. The van der Waals surface area contributed by atoms with E-state index in [1.165, 1.54) is 19.3 Å². The van der Waals surface area contributed by atoms with E-state index in [4.69, 9.17) is 9.47 Å². The largest absolute Gasteiger partial charge is 0.497 e. The Balaban J connectivity index is 1.38. The summed E-state index contributed by atoms with van der Waals surface area (Å²) >= 11 is 0. The third-order valence-electron chi connectivity index (χ3n) is 7.75. The summed E-state index contributed by atoms with van der Waals surface area (Å²) in [6.45, 7) is 4.51. The third-order valence-corrected chi connectivity index (χ3v) is 7.75. The van der Waals surface area contributed by atoms with Crippen molar-refractivity contribution >= 4 is 11.8 Å². The van der Waals surface area contributed by atoms with Crippen molar-refractivity contribution in [2.24, 2.45) is 17.8 Å². The van der Waals surface area contributed by atoms with Gasteiger partial charge >= 0.3 is 0 Å². The summed E-state index contributed by atoms with van der Waals surface area (Å²) in [7, 11) is 3.16. The van der Waals surface area contributed by atoms with Gasteiger partial charge in [-0.1, -0.05) is 19.8 Å².